The van der Waals surface area contributed by atoms with Gasteiger partial charge in [0.05, 0.1) is 0 Å². The van der Waals surface area contributed by atoms with E-state index in [1.165, 1.54) is 0 Å². The van der Waals surface area contributed by atoms with Gasteiger partial charge in [-0.25, -0.2) is 0 Å². The highest BCUT2D eigenvalue weighted by atomic mass is 16.5. The van der Waals surface area contributed by atoms with Gasteiger partial charge in [-0.05, 0) is 19.8 Å². The Hall–Kier alpha value is -1.14. The van der Waals surface area contributed by atoms with Gasteiger partial charge in [-0.1, -0.05) is 0 Å². The van der Waals surface area contributed by atoms with Crippen molar-refractivity contribution in [3.8, 4) is 0 Å². The molecule has 0 aliphatic carbocycles. The maximum atomic E-state index is 11.2. The Morgan fingerprint density at radius 1 is 1.00 bits per heavy atom. The number of ether oxygens (including phenoxy) is 2. The molecule has 0 saturated carbocycles. The average Bonchev–Trinajstić information content (AvgIpc) is 2.34. The largest absolute Gasteiger partial charge is 0.385 e. The zero-order valence-corrected chi connectivity index (χ0v) is 10.6. The van der Waals surface area contributed by atoms with Crippen LogP contribution in [0.3, 0.4) is 0 Å². The molecule has 0 aromatic rings. The van der Waals surface area contributed by atoms with E-state index in [4.69, 9.17) is 9.47 Å². The van der Waals surface area contributed by atoms with Crippen LogP contribution in [-0.2, 0) is 19.1 Å². The van der Waals surface area contributed by atoms with Crippen molar-refractivity contribution in [3.05, 3.63) is 0 Å². The Kier molecular flexibility index (Phi) is 10.6. The first kappa shape index (κ1) is 15.9. The summed E-state index contributed by atoms with van der Waals surface area (Å²) in [6.45, 7) is 4.62. The Labute approximate surface area is 102 Å². The van der Waals surface area contributed by atoms with Crippen molar-refractivity contribution < 1.29 is 19.1 Å². The number of methoxy groups -OCH3 is 1. The number of amides is 2. The first-order valence-electron chi connectivity index (χ1n) is 5.85. The molecule has 17 heavy (non-hydrogen) atoms. The first-order chi connectivity index (χ1) is 8.22. The molecule has 6 nitrogen and oxygen atoms in total. The van der Waals surface area contributed by atoms with Crippen LogP contribution >= 0.6 is 0 Å². The Morgan fingerprint density at radius 2 is 1.53 bits per heavy atom. The lowest BCUT2D eigenvalue weighted by molar-refractivity contribution is -0.139. The Morgan fingerprint density at radius 3 is 2.00 bits per heavy atom. The normalized spacial score (nSPS) is 10.0. The lowest BCUT2D eigenvalue weighted by Gasteiger charge is -2.06. The van der Waals surface area contributed by atoms with Crippen LogP contribution in [0.2, 0.25) is 0 Å². The van der Waals surface area contributed by atoms with Crippen LogP contribution in [0.1, 0.15) is 19.8 Å². The van der Waals surface area contributed by atoms with E-state index in [0.29, 0.717) is 45.8 Å². The smallest absolute Gasteiger partial charge is 0.309 e. The molecule has 100 valence electrons. The number of nitrogens with one attached hydrogen (secondary N) is 2. The molecule has 0 heterocycles. The zero-order chi connectivity index (χ0) is 12.9. The van der Waals surface area contributed by atoms with Gasteiger partial charge in [-0.2, -0.15) is 0 Å². The topological polar surface area (TPSA) is 76.7 Å². The lowest BCUT2D eigenvalue weighted by Crippen LogP contribution is -2.40. The molecule has 0 fully saturated rings. The second-order valence-corrected chi connectivity index (χ2v) is 3.41. The molecule has 0 aliphatic heterocycles. The van der Waals surface area contributed by atoms with E-state index in [-0.39, 0.29) is 0 Å². The highest BCUT2D eigenvalue weighted by Gasteiger charge is 2.11. The summed E-state index contributed by atoms with van der Waals surface area (Å²) in [7, 11) is 1.59. The minimum absolute atomic E-state index is 0.443. The fraction of sp³-hybridized carbons (Fsp3) is 0.818. The van der Waals surface area contributed by atoms with Gasteiger partial charge < -0.3 is 20.1 Å². The van der Waals surface area contributed by atoms with Crippen molar-refractivity contribution in [1.82, 2.24) is 10.6 Å². The Balaban J connectivity index is 3.44. The monoisotopic (exact) mass is 246 g/mol. The summed E-state index contributed by atoms with van der Waals surface area (Å²) in [5.74, 6) is -1.20. The number of carbonyl (C=O) groups is 2. The fourth-order valence-corrected chi connectivity index (χ4v) is 1.10. The minimum Gasteiger partial charge on any atom is -0.385 e. The molecular formula is C11H22N2O4. The molecule has 2 N–H and O–H groups in total. The van der Waals surface area contributed by atoms with E-state index in [1.807, 2.05) is 6.92 Å². The third-order valence-electron chi connectivity index (χ3n) is 1.97. The maximum absolute atomic E-state index is 11.2. The molecule has 0 aliphatic rings. The van der Waals surface area contributed by atoms with Crippen LogP contribution in [-0.4, -0.2) is 51.8 Å². The summed E-state index contributed by atoms with van der Waals surface area (Å²) >= 11 is 0. The van der Waals surface area contributed by atoms with Crippen molar-refractivity contribution in [2.24, 2.45) is 0 Å². The molecule has 0 unspecified atom stereocenters. The number of rotatable bonds is 9. The van der Waals surface area contributed by atoms with Crippen LogP contribution in [0.5, 0.6) is 0 Å². The van der Waals surface area contributed by atoms with Crippen LogP contribution in [0.4, 0.5) is 0 Å². The third kappa shape index (κ3) is 9.77. The molecular weight excluding hydrogens is 224 g/mol. The summed E-state index contributed by atoms with van der Waals surface area (Å²) in [5, 5.41) is 5.03. The lowest BCUT2D eigenvalue weighted by atomic mass is 10.4. The van der Waals surface area contributed by atoms with E-state index in [2.05, 4.69) is 10.6 Å². The fourth-order valence-electron chi connectivity index (χ4n) is 1.10. The van der Waals surface area contributed by atoms with Crippen molar-refractivity contribution in [2.45, 2.75) is 19.8 Å². The van der Waals surface area contributed by atoms with Crippen LogP contribution in [0.25, 0.3) is 0 Å². The molecule has 0 aromatic carbocycles. The maximum Gasteiger partial charge on any atom is 0.309 e. The average molecular weight is 246 g/mol. The van der Waals surface area contributed by atoms with Crippen molar-refractivity contribution in [1.29, 1.82) is 0 Å². The van der Waals surface area contributed by atoms with Gasteiger partial charge in [-0.15, -0.1) is 0 Å². The molecule has 0 spiro atoms. The minimum atomic E-state index is -0.600. The van der Waals surface area contributed by atoms with E-state index in [0.717, 1.165) is 0 Å². The summed E-state index contributed by atoms with van der Waals surface area (Å²) in [6, 6.07) is 0. The van der Waals surface area contributed by atoms with Crippen LogP contribution in [0, 0.1) is 0 Å². The standard InChI is InChI=1S/C11H22N2O4/c1-3-17-9-5-7-13-11(15)10(14)12-6-4-8-16-2/h3-9H2,1-2H3,(H,12,14)(H,13,15). The zero-order valence-electron chi connectivity index (χ0n) is 10.6. The molecule has 0 saturated heterocycles. The van der Waals surface area contributed by atoms with E-state index in [1.54, 1.807) is 7.11 Å². The third-order valence-corrected chi connectivity index (χ3v) is 1.97. The highest BCUT2D eigenvalue weighted by molar-refractivity contribution is 6.35. The van der Waals surface area contributed by atoms with Gasteiger partial charge in [0.1, 0.15) is 0 Å². The Bertz CT molecular complexity index is 222. The summed E-state index contributed by atoms with van der Waals surface area (Å²) < 4.78 is 9.92. The van der Waals surface area contributed by atoms with E-state index < -0.39 is 11.8 Å². The molecule has 0 rings (SSSR count). The highest BCUT2D eigenvalue weighted by Crippen LogP contribution is 1.81. The van der Waals surface area contributed by atoms with E-state index >= 15 is 0 Å². The number of hydrogen-bond acceptors (Lipinski definition) is 4. The first-order valence-corrected chi connectivity index (χ1v) is 5.85. The molecule has 0 bridgehead atoms. The summed E-state index contributed by atoms with van der Waals surface area (Å²) in [5.41, 5.74) is 0. The predicted molar refractivity (Wildman–Crippen MR) is 63.6 cm³/mol. The van der Waals surface area contributed by atoms with E-state index in [9.17, 15) is 9.59 Å². The molecule has 0 radical (unpaired) electrons. The quantitative estimate of drug-likeness (QED) is 0.432. The number of hydrogen-bond donors (Lipinski definition) is 2. The van der Waals surface area contributed by atoms with Crippen LogP contribution < -0.4 is 10.6 Å². The molecule has 0 atom stereocenters. The van der Waals surface area contributed by atoms with Crippen molar-refractivity contribution in [3.63, 3.8) is 0 Å². The molecule has 0 aromatic heterocycles. The second kappa shape index (κ2) is 11.3. The summed E-state index contributed by atoms with van der Waals surface area (Å²) in [4.78, 5) is 22.5. The van der Waals surface area contributed by atoms with Gasteiger partial charge in [0.25, 0.3) is 0 Å². The van der Waals surface area contributed by atoms with Gasteiger partial charge in [0.2, 0.25) is 0 Å². The second-order valence-electron chi connectivity index (χ2n) is 3.41. The van der Waals surface area contributed by atoms with Gasteiger partial charge in [0.15, 0.2) is 0 Å². The number of carbonyl (C=O) groups excluding carboxylic acids is 2. The summed E-state index contributed by atoms with van der Waals surface area (Å²) in [6.07, 6.45) is 1.40. The molecule has 6 heteroatoms. The van der Waals surface area contributed by atoms with Crippen molar-refractivity contribution in [2.75, 3.05) is 40.0 Å². The van der Waals surface area contributed by atoms with Gasteiger partial charge in [-0.3, -0.25) is 9.59 Å². The van der Waals surface area contributed by atoms with Crippen molar-refractivity contribution >= 4 is 11.8 Å². The SMILES string of the molecule is CCOCCCNC(=O)C(=O)NCCCOC. The van der Waals surface area contributed by atoms with Gasteiger partial charge >= 0.3 is 11.8 Å². The van der Waals surface area contributed by atoms with Gasteiger partial charge in [0, 0.05) is 40.0 Å². The molecule has 2 amide bonds. The predicted octanol–water partition coefficient (Wildman–Crippen LogP) is -0.318. The van der Waals surface area contributed by atoms with Crippen LogP contribution in [0.15, 0.2) is 0 Å².